The van der Waals surface area contributed by atoms with Crippen molar-refractivity contribution in [3.05, 3.63) is 48.1 Å². The summed E-state index contributed by atoms with van der Waals surface area (Å²) in [7, 11) is -3.43. The van der Waals surface area contributed by atoms with E-state index in [1.54, 1.807) is 52.8 Å². The maximum absolute atomic E-state index is 11.9. The molecule has 0 amide bonds. The van der Waals surface area contributed by atoms with Crippen LogP contribution in [0.2, 0.25) is 0 Å². The van der Waals surface area contributed by atoms with Crippen molar-refractivity contribution in [2.75, 3.05) is 18.4 Å². The number of aromatic nitrogens is 4. The Morgan fingerprint density at radius 3 is 2.70 bits per heavy atom. The largest absolute Gasteiger partial charge is 0.367 e. The second kappa shape index (κ2) is 6.86. The van der Waals surface area contributed by atoms with E-state index < -0.39 is 10.0 Å². The van der Waals surface area contributed by atoms with Gasteiger partial charge in [0.25, 0.3) is 0 Å². The Hall–Kier alpha value is -2.30. The van der Waals surface area contributed by atoms with E-state index in [4.69, 9.17) is 0 Å². The summed E-state index contributed by atoms with van der Waals surface area (Å²) < 4.78 is 28.3. The van der Waals surface area contributed by atoms with Gasteiger partial charge in [0.1, 0.15) is 10.0 Å². The molecule has 0 radical (unpaired) electrons. The van der Waals surface area contributed by atoms with E-state index in [-0.39, 0.29) is 6.54 Å². The van der Waals surface area contributed by atoms with Crippen LogP contribution in [0, 0.1) is 0 Å². The summed E-state index contributed by atoms with van der Waals surface area (Å²) in [6.45, 7) is 0.656. The van der Waals surface area contributed by atoms with Crippen molar-refractivity contribution in [1.29, 1.82) is 0 Å². The van der Waals surface area contributed by atoms with Crippen LogP contribution in [0.3, 0.4) is 0 Å². The van der Waals surface area contributed by atoms with Crippen LogP contribution in [-0.4, -0.2) is 41.5 Å². The molecule has 23 heavy (non-hydrogen) atoms. The molecule has 0 aliphatic rings. The summed E-state index contributed by atoms with van der Waals surface area (Å²) in [6.07, 6.45) is 3.43. The zero-order valence-electron chi connectivity index (χ0n) is 12.0. The number of rotatable bonds is 7. The second-order valence-corrected chi connectivity index (χ2v) is 7.43. The van der Waals surface area contributed by atoms with Crippen molar-refractivity contribution in [2.45, 2.75) is 4.21 Å². The molecule has 8 nitrogen and oxygen atoms in total. The lowest BCUT2D eigenvalue weighted by Crippen LogP contribution is -2.28. The molecule has 2 N–H and O–H groups in total. The highest BCUT2D eigenvalue weighted by Crippen LogP contribution is 2.14. The van der Waals surface area contributed by atoms with Crippen LogP contribution in [0.25, 0.3) is 5.82 Å². The van der Waals surface area contributed by atoms with Gasteiger partial charge in [-0.3, -0.25) is 0 Å². The SMILES string of the molecule is O=S(=O)(NCCNc1ccc(-n2cccn2)nn1)c1cccs1. The molecule has 0 spiro atoms. The quantitative estimate of drug-likeness (QED) is 0.619. The van der Waals surface area contributed by atoms with E-state index in [1.165, 1.54) is 11.3 Å². The van der Waals surface area contributed by atoms with Gasteiger partial charge < -0.3 is 5.32 Å². The van der Waals surface area contributed by atoms with Crippen molar-refractivity contribution in [3.8, 4) is 5.82 Å². The minimum absolute atomic E-state index is 0.253. The summed E-state index contributed by atoms with van der Waals surface area (Å²) >= 11 is 1.18. The zero-order chi connectivity index (χ0) is 16.1. The normalized spacial score (nSPS) is 11.5. The summed E-state index contributed by atoms with van der Waals surface area (Å²) in [4.78, 5) is 0. The molecule has 3 rings (SSSR count). The van der Waals surface area contributed by atoms with Gasteiger partial charge in [0.2, 0.25) is 10.0 Å². The third-order valence-corrected chi connectivity index (χ3v) is 5.73. The number of anilines is 1. The molecule has 3 aromatic heterocycles. The Kier molecular flexibility index (Phi) is 4.65. The van der Waals surface area contributed by atoms with Gasteiger partial charge in [-0.1, -0.05) is 6.07 Å². The molecular formula is C13H14N6O2S2. The number of sulfonamides is 1. The van der Waals surface area contributed by atoms with Crippen molar-refractivity contribution in [3.63, 3.8) is 0 Å². The summed E-state index contributed by atoms with van der Waals surface area (Å²) in [5.41, 5.74) is 0. The first-order valence-corrected chi connectivity index (χ1v) is 9.12. The predicted molar refractivity (Wildman–Crippen MR) is 87.2 cm³/mol. The fourth-order valence-corrected chi connectivity index (χ4v) is 3.88. The summed E-state index contributed by atoms with van der Waals surface area (Å²) in [6, 6.07) is 8.61. The van der Waals surface area contributed by atoms with Crippen molar-refractivity contribution in [2.24, 2.45) is 0 Å². The first kappa shape index (κ1) is 15.6. The Balaban J connectivity index is 1.49. The molecule has 0 aliphatic carbocycles. The Morgan fingerprint density at radius 1 is 1.13 bits per heavy atom. The number of nitrogens with zero attached hydrogens (tertiary/aromatic N) is 4. The topological polar surface area (TPSA) is 102 Å². The van der Waals surface area contributed by atoms with Crippen LogP contribution in [0.4, 0.5) is 5.82 Å². The molecule has 3 heterocycles. The molecule has 0 aliphatic heterocycles. The van der Waals surface area contributed by atoms with Crippen LogP contribution in [-0.2, 0) is 10.0 Å². The van der Waals surface area contributed by atoms with Crippen molar-refractivity contribution in [1.82, 2.24) is 24.7 Å². The Morgan fingerprint density at radius 2 is 2.04 bits per heavy atom. The lowest BCUT2D eigenvalue weighted by molar-refractivity contribution is 0.585. The van der Waals surface area contributed by atoms with Crippen LogP contribution in [0.1, 0.15) is 0 Å². The highest BCUT2D eigenvalue weighted by Gasteiger charge is 2.13. The number of nitrogens with one attached hydrogen (secondary N) is 2. The zero-order valence-corrected chi connectivity index (χ0v) is 13.6. The summed E-state index contributed by atoms with van der Waals surface area (Å²) in [5, 5.41) is 16.9. The number of thiophene rings is 1. The van der Waals surface area contributed by atoms with Crippen LogP contribution < -0.4 is 10.0 Å². The van der Waals surface area contributed by atoms with Gasteiger partial charge >= 0.3 is 0 Å². The van der Waals surface area contributed by atoms with Gasteiger partial charge in [-0.25, -0.2) is 17.8 Å². The molecule has 0 bridgehead atoms. The van der Waals surface area contributed by atoms with Crippen LogP contribution in [0.15, 0.2) is 52.3 Å². The van der Waals surface area contributed by atoms with Crippen molar-refractivity contribution >= 4 is 27.2 Å². The molecule has 0 unspecified atom stereocenters. The second-order valence-electron chi connectivity index (χ2n) is 4.48. The van der Waals surface area contributed by atoms with E-state index in [0.29, 0.717) is 22.4 Å². The van der Waals surface area contributed by atoms with E-state index >= 15 is 0 Å². The highest BCUT2D eigenvalue weighted by atomic mass is 32.2. The summed E-state index contributed by atoms with van der Waals surface area (Å²) in [5.74, 6) is 1.18. The lowest BCUT2D eigenvalue weighted by atomic mass is 10.5. The fraction of sp³-hybridized carbons (Fsp3) is 0.154. The molecule has 10 heteroatoms. The van der Waals surface area contributed by atoms with Gasteiger partial charge in [0.05, 0.1) is 0 Å². The van der Waals surface area contributed by atoms with Crippen molar-refractivity contribution < 1.29 is 8.42 Å². The standard InChI is InChI=1S/C13H14N6O2S2/c20-23(21,13-3-1-10-22-13)16-8-7-14-11-4-5-12(18-17-11)19-9-2-6-15-19/h1-6,9-10,16H,7-8H2,(H,14,17). The predicted octanol–water partition coefficient (Wildman–Crippen LogP) is 1.11. The van der Waals surface area contributed by atoms with E-state index in [0.717, 1.165) is 0 Å². The number of hydrogen-bond donors (Lipinski definition) is 2. The lowest BCUT2D eigenvalue weighted by Gasteiger charge is -2.07. The molecule has 120 valence electrons. The molecule has 3 aromatic rings. The first-order chi connectivity index (χ1) is 11.1. The highest BCUT2D eigenvalue weighted by molar-refractivity contribution is 7.91. The van der Waals surface area contributed by atoms with Gasteiger partial charge in [0, 0.05) is 25.5 Å². The molecule has 0 aromatic carbocycles. The monoisotopic (exact) mass is 350 g/mol. The van der Waals surface area contributed by atoms with Gasteiger partial charge in [-0.05, 0) is 29.6 Å². The Labute approximate surface area is 137 Å². The maximum Gasteiger partial charge on any atom is 0.250 e. The maximum atomic E-state index is 11.9. The van der Waals surface area contributed by atoms with Crippen LogP contribution >= 0.6 is 11.3 Å². The molecule has 0 fully saturated rings. The fourth-order valence-electron chi connectivity index (χ4n) is 1.81. The molecule has 0 saturated heterocycles. The van der Waals surface area contributed by atoms with E-state index in [9.17, 15) is 8.42 Å². The van der Waals surface area contributed by atoms with E-state index in [1.807, 2.05) is 0 Å². The van der Waals surface area contributed by atoms with Gasteiger partial charge in [-0.15, -0.1) is 21.5 Å². The van der Waals surface area contributed by atoms with Crippen LogP contribution in [0.5, 0.6) is 0 Å². The average Bonchev–Trinajstić information content (AvgIpc) is 3.25. The smallest absolute Gasteiger partial charge is 0.250 e. The molecule has 0 saturated carbocycles. The van der Waals surface area contributed by atoms with Gasteiger partial charge in [0.15, 0.2) is 5.82 Å². The third-order valence-electron chi connectivity index (χ3n) is 2.87. The molecule has 0 atom stereocenters. The average molecular weight is 350 g/mol. The van der Waals surface area contributed by atoms with Gasteiger partial charge in [-0.2, -0.15) is 5.10 Å². The minimum Gasteiger partial charge on any atom is -0.367 e. The first-order valence-electron chi connectivity index (χ1n) is 6.76. The number of hydrogen-bond acceptors (Lipinski definition) is 7. The molecular weight excluding hydrogens is 336 g/mol. The Bertz CT molecular complexity index is 829. The third kappa shape index (κ3) is 3.92. The minimum atomic E-state index is -3.43. The van der Waals surface area contributed by atoms with E-state index in [2.05, 4.69) is 25.3 Å².